The van der Waals surface area contributed by atoms with Crippen LogP contribution in [0.1, 0.15) is 19.0 Å². The van der Waals surface area contributed by atoms with Crippen LogP contribution in [0.4, 0.5) is 23.4 Å². The van der Waals surface area contributed by atoms with Gasteiger partial charge in [0.05, 0.1) is 32.2 Å². The maximum absolute atomic E-state index is 14.0. The predicted octanol–water partition coefficient (Wildman–Crippen LogP) is 3.77. The summed E-state index contributed by atoms with van der Waals surface area (Å²) in [5.41, 5.74) is -0.0121. The van der Waals surface area contributed by atoms with Gasteiger partial charge in [0, 0.05) is 32.3 Å². The Morgan fingerprint density at radius 3 is 2.79 bits per heavy atom. The van der Waals surface area contributed by atoms with Crippen LogP contribution in [0.15, 0.2) is 30.7 Å². The molecular weight excluding hydrogens is 456 g/mol. The first-order valence-corrected chi connectivity index (χ1v) is 11.0. The quantitative estimate of drug-likeness (QED) is 0.453. The summed E-state index contributed by atoms with van der Waals surface area (Å²) in [6.45, 7) is 3.38. The summed E-state index contributed by atoms with van der Waals surface area (Å²) in [4.78, 5) is 14.5. The third kappa shape index (κ3) is 5.54. The van der Waals surface area contributed by atoms with Crippen molar-refractivity contribution in [3.8, 4) is 5.75 Å². The number of aromatic nitrogens is 5. The van der Waals surface area contributed by atoms with E-state index in [1.54, 1.807) is 6.20 Å². The molecule has 4 rings (SSSR count). The Kier molecular flexibility index (Phi) is 7.15. The Hall–Kier alpha value is -3.02. The van der Waals surface area contributed by atoms with Crippen molar-refractivity contribution in [1.29, 1.82) is 0 Å². The number of hydrogen-bond donors (Lipinski definition) is 0. The highest BCUT2D eigenvalue weighted by molar-refractivity contribution is 5.71. The van der Waals surface area contributed by atoms with Crippen molar-refractivity contribution in [3.05, 3.63) is 36.4 Å². The summed E-state index contributed by atoms with van der Waals surface area (Å²) < 4.78 is 65.6. The molecule has 4 heterocycles. The first-order chi connectivity index (χ1) is 16.2. The first kappa shape index (κ1) is 24.1. The molecule has 1 aliphatic heterocycles. The van der Waals surface area contributed by atoms with Gasteiger partial charge in [-0.1, -0.05) is 6.92 Å². The average Bonchev–Trinajstić information content (AvgIpc) is 3.19. The summed E-state index contributed by atoms with van der Waals surface area (Å²) in [6.07, 6.45) is -0.753. The van der Waals surface area contributed by atoms with E-state index in [0.717, 1.165) is 12.6 Å². The van der Waals surface area contributed by atoms with Gasteiger partial charge in [-0.15, -0.1) is 0 Å². The van der Waals surface area contributed by atoms with E-state index >= 15 is 0 Å². The lowest BCUT2D eigenvalue weighted by molar-refractivity contribution is -0.142. The Bertz CT molecular complexity index is 1110. The molecular formula is C22H26F4N6O2. The molecule has 2 unspecified atom stereocenters. The molecule has 3 aromatic heterocycles. The summed E-state index contributed by atoms with van der Waals surface area (Å²) >= 11 is 0. The molecule has 0 spiro atoms. The third-order valence-electron chi connectivity index (χ3n) is 5.64. The Morgan fingerprint density at radius 2 is 2.03 bits per heavy atom. The maximum atomic E-state index is 14.0. The van der Waals surface area contributed by atoms with Gasteiger partial charge in [-0.2, -0.15) is 18.3 Å². The zero-order valence-corrected chi connectivity index (χ0v) is 18.9. The van der Waals surface area contributed by atoms with Gasteiger partial charge in [0.15, 0.2) is 11.3 Å². The number of ether oxygens (including phenoxy) is 2. The van der Waals surface area contributed by atoms with Gasteiger partial charge in [0.2, 0.25) is 0 Å². The fourth-order valence-electron chi connectivity index (χ4n) is 4.26. The second-order valence-electron chi connectivity index (χ2n) is 8.59. The number of hydrogen-bond acceptors (Lipinski definition) is 7. The molecule has 0 N–H and O–H groups in total. The van der Waals surface area contributed by atoms with Crippen molar-refractivity contribution in [2.45, 2.75) is 32.2 Å². The van der Waals surface area contributed by atoms with Crippen LogP contribution in [-0.2, 0) is 17.5 Å². The number of fused-ring (bicyclic) bond motifs is 1. The van der Waals surface area contributed by atoms with E-state index in [0.29, 0.717) is 30.1 Å². The SMILES string of the molecule is COCC(F)Cn1ncc2ncc(N3CC(COc4cccnc4C(F)(F)F)C[C@@H](C)C3)nc21. The number of pyridine rings is 1. The number of rotatable bonds is 8. The van der Waals surface area contributed by atoms with E-state index < -0.39 is 18.0 Å². The van der Waals surface area contributed by atoms with Crippen molar-refractivity contribution >= 4 is 17.0 Å². The number of halogens is 4. The predicted molar refractivity (Wildman–Crippen MR) is 116 cm³/mol. The third-order valence-corrected chi connectivity index (χ3v) is 5.64. The van der Waals surface area contributed by atoms with Gasteiger partial charge in [-0.05, 0) is 24.5 Å². The van der Waals surface area contributed by atoms with E-state index in [2.05, 4.69) is 27.0 Å². The van der Waals surface area contributed by atoms with Crippen LogP contribution in [0, 0.1) is 11.8 Å². The molecule has 0 aromatic carbocycles. The molecule has 1 aliphatic rings. The highest BCUT2D eigenvalue weighted by atomic mass is 19.4. The highest BCUT2D eigenvalue weighted by Crippen LogP contribution is 2.35. The number of anilines is 1. The first-order valence-electron chi connectivity index (χ1n) is 11.0. The summed E-state index contributed by atoms with van der Waals surface area (Å²) in [7, 11) is 1.43. The van der Waals surface area contributed by atoms with Crippen molar-refractivity contribution < 1.29 is 27.0 Å². The van der Waals surface area contributed by atoms with Crippen LogP contribution >= 0.6 is 0 Å². The molecule has 0 saturated carbocycles. The Labute approximate surface area is 193 Å². The van der Waals surface area contributed by atoms with Crippen molar-refractivity contribution in [1.82, 2.24) is 24.7 Å². The van der Waals surface area contributed by atoms with Crippen LogP contribution in [-0.4, -0.2) is 64.3 Å². The minimum absolute atomic E-state index is 0.00497. The minimum atomic E-state index is -4.59. The summed E-state index contributed by atoms with van der Waals surface area (Å²) in [5, 5.41) is 4.18. The van der Waals surface area contributed by atoms with Crippen LogP contribution in [0.2, 0.25) is 0 Å². The van der Waals surface area contributed by atoms with Crippen molar-refractivity contribution in [2.75, 3.05) is 38.3 Å². The van der Waals surface area contributed by atoms with Gasteiger partial charge in [0.1, 0.15) is 23.3 Å². The average molecular weight is 482 g/mol. The number of alkyl halides is 4. The molecule has 0 aliphatic carbocycles. The molecule has 34 heavy (non-hydrogen) atoms. The molecule has 0 bridgehead atoms. The fraction of sp³-hybridized carbons (Fsp3) is 0.545. The van der Waals surface area contributed by atoms with Gasteiger partial charge in [0.25, 0.3) is 0 Å². The molecule has 1 saturated heterocycles. The zero-order valence-electron chi connectivity index (χ0n) is 18.9. The largest absolute Gasteiger partial charge is 0.491 e. The molecule has 0 radical (unpaired) electrons. The highest BCUT2D eigenvalue weighted by Gasteiger charge is 2.36. The topological polar surface area (TPSA) is 78.2 Å². The van der Waals surface area contributed by atoms with E-state index in [4.69, 9.17) is 9.47 Å². The molecule has 184 valence electrons. The van der Waals surface area contributed by atoms with E-state index in [9.17, 15) is 17.6 Å². The van der Waals surface area contributed by atoms with Gasteiger partial charge in [-0.3, -0.25) is 0 Å². The Balaban J connectivity index is 1.48. The lowest BCUT2D eigenvalue weighted by Crippen LogP contribution is -2.42. The van der Waals surface area contributed by atoms with Gasteiger partial charge < -0.3 is 14.4 Å². The lowest BCUT2D eigenvalue weighted by Gasteiger charge is -2.37. The fourth-order valence-corrected chi connectivity index (χ4v) is 4.26. The van der Waals surface area contributed by atoms with Crippen molar-refractivity contribution in [2.24, 2.45) is 11.8 Å². The second kappa shape index (κ2) is 10.1. The van der Waals surface area contributed by atoms with Crippen molar-refractivity contribution in [3.63, 3.8) is 0 Å². The molecule has 8 nitrogen and oxygen atoms in total. The smallest absolute Gasteiger partial charge is 0.437 e. The number of piperidine rings is 1. The molecule has 3 atom stereocenters. The van der Waals surface area contributed by atoms with E-state index in [1.165, 1.54) is 30.1 Å². The van der Waals surface area contributed by atoms with Crippen LogP contribution in [0.5, 0.6) is 5.75 Å². The molecule has 3 aromatic rings. The number of methoxy groups -OCH3 is 1. The Morgan fingerprint density at radius 1 is 1.21 bits per heavy atom. The molecule has 0 amide bonds. The summed E-state index contributed by atoms with van der Waals surface area (Å²) in [5.74, 6) is 0.564. The maximum Gasteiger partial charge on any atom is 0.437 e. The van der Waals surface area contributed by atoms with E-state index in [1.807, 2.05) is 4.90 Å². The van der Waals surface area contributed by atoms with E-state index in [-0.39, 0.29) is 37.3 Å². The lowest BCUT2D eigenvalue weighted by atomic mass is 9.91. The minimum Gasteiger partial charge on any atom is -0.491 e. The zero-order chi connectivity index (χ0) is 24.3. The van der Waals surface area contributed by atoms with Crippen LogP contribution in [0.3, 0.4) is 0 Å². The normalized spacial score (nSPS) is 20.0. The molecule has 1 fully saturated rings. The monoisotopic (exact) mass is 482 g/mol. The molecule has 12 heteroatoms. The van der Waals surface area contributed by atoms with Crippen LogP contribution in [0.25, 0.3) is 11.2 Å². The van der Waals surface area contributed by atoms with Gasteiger partial charge >= 0.3 is 6.18 Å². The summed E-state index contributed by atoms with van der Waals surface area (Å²) in [6, 6.07) is 2.70. The van der Waals surface area contributed by atoms with Gasteiger partial charge in [-0.25, -0.2) is 24.0 Å². The number of nitrogens with zero attached hydrogens (tertiary/aromatic N) is 6. The second-order valence-corrected chi connectivity index (χ2v) is 8.59. The standard InChI is InChI=1S/C22H26F4N6O2/c1-14-6-15(12-34-18-4-3-5-27-20(18)22(24,25)26)10-31(9-14)19-8-28-17-7-29-32(21(17)30-19)11-16(23)13-33-2/h3-5,7-8,14-16H,6,9-13H2,1-2H3/t14-,15?,16?/m1/s1. The van der Waals surface area contributed by atoms with Crippen LogP contribution < -0.4 is 9.64 Å².